The first kappa shape index (κ1) is 17.6. The SMILES string of the molecule is CCC(CCNS(=O)(=O)c1ccccc1F)CCC(=O)O. The lowest BCUT2D eigenvalue weighted by molar-refractivity contribution is -0.137. The highest BCUT2D eigenvalue weighted by molar-refractivity contribution is 7.89. The summed E-state index contributed by atoms with van der Waals surface area (Å²) in [5.74, 6) is -1.52. The van der Waals surface area contributed by atoms with Crippen LogP contribution in [0.15, 0.2) is 29.2 Å². The number of carboxylic acid groups (broad SMARTS) is 1. The Morgan fingerprint density at radius 3 is 2.57 bits per heavy atom. The van der Waals surface area contributed by atoms with E-state index < -0.39 is 21.8 Å². The smallest absolute Gasteiger partial charge is 0.303 e. The Morgan fingerprint density at radius 2 is 2.00 bits per heavy atom. The van der Waals surface area contributed by atoms with E-state index in [9.17, 15) is 17.6 Å². The maximum Gasteiger partial charge on any atom is 0.303 e. The molecule has 1 unspecified atom stereocenters. The van der Waals surface area contributed by atoms with Crippen LogP contribution in [0.25, 0.3) is 0 Å². The molecule has 0 heterocycles. The lowest BCUT2D eigenvalue weighted by Crippen LogP contribution is -2.27. The van der Waals surface area contributed by atoms with Gasteiger partial charge in [-0.05, 0) is 30.9 Å². The van der Waals surface area contributed by atoms with E-state index >= 15 is 0 Å². The first-order valence-electron chi connectivity index (χ1n) is 6.82. The molecule has 7 heteroatoms. The van der Waals surface area contributed by atoms with Gasteiger partial charge in [-0.25, -0.2) is 17.5 Å². The van der Waals surface area contributed by atoms with E-state index in [4.69, 9.17) is 5.11 Å². The zero-order chi connectivity index (χ0) is 15.9. The normalized spacial score (nSPS) is 13.0. The molecule has 0 radical (unpaired) electrons. The van der Waals surface area contributed by atoms with Crippen molar-refractivity contribution in [3.05, 3.63) is 30.1 Å². The summed E-state index contributed by atoms with van der Waals surface area (Å²) < 4.78 is 39.7. The third kappa shape index (κ3) is 5.81. The van der Waals surface area contributed by atoms with Crippen LogP contribution in [-0.2, 0) is 14.8 Å². The van der Waals surface area contributed by atoms with Gasteiger partial charge >= 0.3 is 5.97 Å². The van der Waals surface area contributed by atoms with Gasteiger partial charge in [0.2, 0.25) is 10.0 Å². The van der Waals surface area contributed by atoms with E-state index in [-0.39, 0.29) is 23.8 Å². The van der Waals surface area contributed by atoms with E-state index in [2.05, 4.69) is 4.72 Å². The Bertz CT molecular complexity index is 574. The fraction of sp³-hybridized carbons (Fsp3) is 0.500. The third-order valence-corrected chi connectivity index (χ3v) is 4.81. The third-order valence-electron chi connectivity index (χ3n) is 3.31. The van der Waals surface area contributed by atoms with Crippen LogP contribution in [0.2, 0.25) is 0 Å². The molecule has 1 atom stereocenters. The van der Waals surface area contributed by atoms with E-state index in [0.717, 1.165) is 12.5 Å². The minimum atomic E-state index is -3.87. The highest BCUT2D eigenvalue weighted by Gasteiger charge is 2.18. The highest BCUT2D eigenvalue weighted by atomic mass is 32.2. The molecule has 1 rings (SSSR count). The molecule has 0 saturated carbocycles. The van der Waals surface area contributed by atoms with Gasteiger partial charge in [-0.2, -0.15) is 0 Å². The minimum absolute atomic E-state index is 0.0680. The summed E-state index contributed by atoms with van der Waals surface area (Å²) in [7, 11) is -3.87. The summed E-state index contributed by atoms with van der Waals surface area (Å²) in [5.41, 5.74) is 0. The largest absolute Gasteiger partial charge is 0.481 e. The second-order valence-corrected chi connectivity index (χ2v) is 6.56. The van der Waals surface area contributed by atoms with E-state index in [0.29, 0.717) is 12.8 Å². The van der Waals surface area contributed by atoms with Crippen molar-refractivity contribution < 1.29 is 22.7 Å². The van der Waals surface area contributed by atoms with E-state index in [1.165, 1.54) is 18.2 Å². The van der Waals surface area contributed by atoms with Crippen LogP contribution in [0, 0.1) is 11.7 Å². The molecule has 21 heavy (non-hydrogen) atoms. The maximum atomic E-state index is 13.5. The van der Waals surface area contributed by atoms with Crippen molar-refractivity contribution in [1.82, 2.24) is 4.72 Å². The van der Waals surface area contributed by atoms with Gasteiger partial charge in [0.25, 0.3) is 0 Å². The van der Waals surface area contributed by atoms with Gasteiger partial charge in [-0.15, -0.1) is 0 Å². The predicted octanol–water partition coefficient (Wildman–Crippen LogP) is 2.39. The summed E-state index contributed by atoms with van der Waals surface area (Å²) in [6, 6.07) is 5.18. The van der Waals surface area contributed by atoms with Crippen LogP contribution in [0.4, 0.5) is 4.39 Å². The molecule has 0 aliphatic rings. The molecule has 0 aliphatic carbocycles. The number of halogens is 1. The second kappa shape index (κ2) is 8.09. The van der Waals surface area contributed by atoms with Crippen LogP contribution >= 0.6 is 0 Å². The summed E-state index contributed by atoms with van der Waals surface area (Å²) >= 11 is 0. The molecule has 118 valence electrons. The molecule has 5 nitrogen and oxygen atoms in total. The Hall–Kier alpha value is -1.47. The second-order valence-electron chi connectivity index (χ2n) is 4.82. The number of benzene rings is 1. The zero-order valence-electron chi connectivity index (χ0n) is 11.9. The van der Waals surface area contributed by atoms with Crippen molar-refractivity contribution in [2.45, 2.75) is 37.5 Å². The van der Waals surface area contributed by atoms with Crippen LogP contribution in [0.5, 0.6) is 0 Å². The average Bonchev–Trinajstić information content (AvgIpc) is 2.42. The highest BCUT2D eigenvalue weighted by Crippen LogP contribution is 2.16. The number of sulfonamides is 1. The maximum absolute atomic E-state index is 13.5. The molecule has 0 aliphatic heterocycles. The first-order chi connectivity index (χ1) is 9.86. The molecule has 0 spiro atoms. The summed E-state index contributed by atoms with van der Waals surface area (Å²) in [4.78, 5) is 10.2. The van der Waals surface area contributed by atoms with Crippen molar-refractivity contribution in [1.29, 1.82) is 0 Å². The molecule has 1 aromatic rings. The average molecular weight is 317 g/mol. The fourth-order valence-electron chi connectivity index (χ4n) is 2.02. The van der Waals surface area contributed by atoms with Crippen LogP contribution in [-0.4, -0.2) is 26.0 Å². The van der Waals surface area contributed by atoms with Gasteiger partial charge < -0.3 is 5.11 Å². The van der Waals surface area contributed by atoms with Gasteiger partial charge in [-0.3, -0.25) is 4.79 Å². The van der Waals surface area contributed by atoms with Crippen molar-refractivity contribution >= 4 is 16.0 Å². The Kier molecular flexibility index (Phi) is 6.77. The van der Waals surface area contributed by atoms with Crippen molar-refractivity contribution in [3.8, 4) is 0 Å². The van der Waals surface area contributed by atoms with E-state index in [1.54, 1.807) is 0 Å². The Labute approximate surface area is 124 Å². The molecule has 0 bridgehead atoms. The number of nitrogens with one attached hydrogen (secondary N) is 1. The standard InChI is InChI=1S/C14H20FNO4S/c1-2-11(7-8-14(17)18)9-10-16-21(19,20)13-6-4-3-5-12(13)15/h3-6,11,16H,2,7-10H2,1H3,(H,17,18). The topological polar surface area (TPSA) is 83.5 Å². The Balaban J connectivity index is 2.54. The lowest BCUT2D eigenvalue weighted by atomic mass is 9.97. The van der Waals surface area contributed by atoms with Gasteiger partial charge in [-0.1, -0.05) is 25.5 Å². The van der Waals surface area contributed by atoms with Gasteiger partial charge in [0, 0.05) is 13.0 Å². The summed E-state index contributed by atoms with van der Waals surface area (Å²) in [5, 5.41) is 8.64. The van der Waals surface area contributed by atoms with Crippen LogP contribution in [0.3, 0.4) is 0 Å². The minimum Gasteiger partial charge on any atom is -0.481 e. The molecule has 0 fully saturated rings. The number of hydrogen-bond acceptors (Lipinski definition) is 3. The molecular formula is C14H20FNO4S. The molecule has 2 N–H and O–H groups in total. The predicted molar refractivity (Wildman–Crippen MR) is 76.9 cm³/mol. The van der Waals surface area contributed by atoms with Gasteiger partial charge in [0.15, 0.2) is 0 Å². The van der Waals surface area contributed by atoms with Crippen LogP contribution < -0.4 is 4.72 Å². The number of aliphatic carboxylic acids is 1. The van der Waals surface area contributed by atoms with Gasteiger partial charge in [0.1, 0.15) is 10.7 Å². The summed E-state index contributed by atoms with van der Waals surface area (Å²) in [6.45, 7) is 2.09. The van der Waals surface area contributed by atoms with Crippen LogP contribution in [0.1, 0.15) is 32.6 Å². The lowest BCUT2D eigenvalue weighted by Gasteiger charge is -2.14. The van der Waals surface area contributed by atoms with Gasteiger partial charge in [0.05, 0.1) is 0 Å². The van der Waals surface area contributed by atoms with E-state index in [1.807, 2.05) is 6.92 Å². The molecular weight excluding hydrogens is 297 g/mol. The van der Waals surface area contributed by atoms with Crippen molar-refractivity contribution in [3.63, 3.8) is 0 Å². The molecule has 0 saturated heterocycles. The zero-order valence-corrected chi connectivity index (χ0v) is 12.7. The number of rotatable bonds is 9. The number of carboxylic acids is 1. The number of hydrogen-bond donors (Lipinski definition) is 2. The monoisotopic (exact) mass is 317 g/mol. The molecule has 0 aromatic heterocycles. The first-order valence-corrected chi connectivity index (χ1v) is 8.31. The fourth-order valence-corrected chi connectivity index (χ4v) is 3.14. The molecule has 0 amide bonds. The van der Waals surface area contributed by atoms with Crippen molar-refractivity contribution in [2.24, 2.45) is 5.92 Å². The summed E-state index contributed by atoms with van der Waals surface area (Å²) in [6.07, 6.45) is 1.87. The van der Waals surface area contributed by atoms with Crippen molar-refractivity contribution in [2.75, 3.05) is 6.54 Å². The Morgan fingerprint density at radius 1 is 1.33 bits per heavy atom. The molecule has 1 aromatic carbocycles. The quantitative estimate of drug-likeness (QED) is 0.732. The number of carbonyl (C=O) groups is 1.